The summed E-state index contributed by atoms with van der Waals surface area (Å²) in [5, 5.41) is 10.2. The van der Waals surface area contributed by atoms with Gasteiger partial charge in [-0.3, -0.25) is 4.79 Å². The van der Waals surface area contributed by atoms with Crippen LogP contribution < -0.4 is 0 Å². The molecule has 1 amide bonds. The van der Waals surface area contributed by atoms with E-state index in [0.717, 1.165) is 25.9 Å². The van der Waals surface area contributed by atoms with Gasteiger partial charge in [0.25, 0.3) is 0 Å². The van der Waals surface area contributed by atoms with Crippen LogP contribution in [0.15, 0.2) is 18.2 Å². The predicted molar refractivity (Wildman–Crippen MR) is 75.1 cm³/mol. The van der Waals surface area contributed by atoms with Crippen molar-refractivity contribution >= 4 is 29.1 Å². The van der Waals surface area contributed by atoms with Crippen LogP contribution in [-0.4, -0.2) is 23.9 Å². The maximum atomic E-state index is 12.2. The van der Waals surface area contributed by atoms with Crippen LogP contribution in [0.4, 0.5) is 0 Å². The van der Waals surface area contributed by atoms with Crippen LogP contribution in [0.3, 0.4) is 0 Å². The molecular formula is C14H14Cl2N2O. The lowest BCUT2D eigenvalue weighted by Gasteiger charge is -2.19. The molecule has 1 aromatic rings. The molecule has 0 aliphatic carbocycles. The number of halogens is 2. The predicted octanol–water partition coefficient (Wildman–Crippen LogP) is 3.30. The first-order chi connectivity index (χ1) is 9.13. The van der Waals surface area contributed by atoms with Crippen molar-refractivity contribution in [3.05, 3.63) is 33.8 Å². The smallest absolute Gasteiger partial charge is 0.240 e. The Morgan fingerprint density at radius 1 is 1.32 bits per heavy atom. The lowest BCUT2D eigenvalue weighted by atomic mass is 9.99. The summed E-state index contributed by atoms with van der Waals surface area (Å²) in [5.74, 6) is -0.827. The van der Waals surface area contributed by atoms with E-state index in [0.29, 0.717) is 15.6 Å². The Kier molecular flexibility index (Phi) is 4.68. The lowest BCUT2D eigenvalue weighted by molar-refractivity contribution is -0.132. The highest BCUT2D eigenvalue weighted by atomic mass is 35.5. The fourth-order valence-corrected chi connectivity index (χ4v) is 2.83. The van der Waals surface area contributed by atoms with Gasteiger partial charge >= 0.3 is 0 Å². The van der Waals surface area contributed by atoms with Crippen molar-refractivity contribution in [3.63, 3.8) is 0 Å². The number of nitrogens with zero attached hydrogens (tertiary/aromatic N) is 2. The third kappa shape index (κ3) is 3.20. The molecule has 1 aromatic carbocycles. The van der Waals surface area contributed by atoms with E-state index in [1.807, 2.05) is 0 Å². The normalized spacial score (nSPS) is 16.2. The number of nitriles is 1. The van der Waals surface area contributed by atoms with E-state index in [1.54, 1.807) is 23.1 Å². The summed E-state index contributed by atoms with van der Waals surface area (Å²) in [6, 6.07) is 7.26. The maximum Gasteiger partial charge on any atom is 0.240 e. The second kappa shape index (κ2) is 6.27. The summed E-state index contributed by atoms with van der Waals surface area (Å²) in [5.41, 5.74) is 0.671. The van der Waals surface area contributed by atoms with Crippen molar-refractivity contribution < 1.29 is 4.79 Å². The SMILES string of the molecule is N#CC(Cc1c(Cl)cccc1Cl)C(=O)N1CCCC1. The van der Waals surface area contributed by atoms with Crippen molar-refractivity contribution in [3.8, 4) is 6.07 Å². The molecule has 1 saturated heterocycles. The van der Waals surface area contributed by atoms with Gasteiger partial charge in [0.1, 0.15) is 5.92 Å². The highest BCUT2D eigenvalue weighted by molar-refractivity contribution is 6.36. The first-order valence-electron chi connectivity index (χ1n) is 6.24. The van der Waals surface area contributed by atoms with E-state index in [-0.39, 0.29) is 12.3 Å². The number of hydrogen-bond donors (Lipinski definition) is 0. The Labute approximate surface area is 122 Å². The first-order valence-corrected chi connectivity index (χ1v) is 7.00. The number of rotatable bonds is 3. The van der Waals surface area contributed by atoms with Gasteiger partial charge in [0.2, 0.25) is 5.91 Å². The fraction of sp³-hybridized carbons (Fsp3) is 0.429. The molecule has 0 radical (unpaired) electrons. The minimum absolute atomic E-state index is 0.115. The van der Waals surface area contributed by atoms with Crippen molar-refractivity contribution in [2.75, 3.05) is 13.1 Å². The molecule has 1 fully saturated rings. The Morgan fingerprint density at radius 2 is 1.89 bits per heavy atom. The average molecular weight is 297 g/mol. The molecule has 1 atom stereocenters. The average Bonchev–Trinajstić information content (AvgIpc) is 2.92. The fourth-order valence-electron chi connectivity index (χ4n) is 2.28. The largest absolute Gasteiger partial charge is 0.342 e. The number of benzene rings is 1. The molecule has 0 aromatic heterocycles. The van der Waals surface area contributed by atoms with E-state index < -0.39 is 5.92 Å². The van der Waals surface area contributed by atoms with E-state index in [1.165, 1.54) is 0 Å². The molecule has 1 heterocycles. The third-order valence-electron chi connectivity index (χ3n) is 3.34. The lowest BCUT2D eigenvalue weighted by Crippen LogP contribution is -2.34. The highest BCUT2D eigenvalue weighted by Crippen LogP contribution is 2.27. The Hall–Kier alpha value is -1.24. The van der Waals surface area contributed by atoms with E-state index >= 15 is 0 Å². The zero-order valence-corrected chi connectivity index (χ0v) is 11.9. The summed E-state index contributed by atoms with van der Waals surface area (Å²) in [7, 11) is 0. The molecule has 1 aliphatic rings. The molecule has 3 nitrogen and oxygen atoms in total. The topological polar surface area (TPSA) is 44.1 Å². The van der Waals surface area contributed by atoms with Crippen LogP contribution in [0.25, 0.3) is 0 Å². The molecule has 0 bridgehead atoms. The summed E-state index contributed by atoms with van der Waals surface area (Å²) in [4.78, 5) is 14.0. The van der Waals surface area contributed by atoms with Crippen molar-refractivity contribution in [2.45, 2.75) is 19.3 Å². The molecule has 0 saturated carbocycles. The Balaban J connectivity index is 2.15. The molecular weight excluding hydrogens is 283 g/mol. The Morgan fingerprint density at radius 3 is 2.42 bits per heavy atom. The van der Waals surface area contributed by atoms with Gasteiger partial charge in [-0.25, -0.2) is 0 Å². The van der Waals surface area contributed by atoms with Crippen LogP contribution >= 0.6 is 23.2 Å². The van der Waals surface area contributed by atoms with Gasteiger partial charge in [-0.05, 0) is 30.5 Å². The van der Waals surface area contributed by atoms with Crippen molar-refractivity contribution in [1.29, 1.82) is 5.26 Å². The second-order valence-corrected chi connectivity index (χ2v) is 5.43. The molecule has 0 N–H and O–H groups in total. The standard InChI is InChI=1S/C14H14Cl2N2O/c15-12-4-3-5-13(16)11(12)8-10(9-17)14(19)18-6-1-2-7-18/h3-5,10H,1-2,6-8H2. The molecule has 1 unspecified atom stereocenters. The number of likely N-dealkylation sites (tertiary alicyclic amines) is 1. The van der Waals surface area contributed by atoms with Crippen LogP contribution in [0.1, 0.15) is 18.4 Å². The summed E-state index contributed by atoms with van der Waals surface area (Å²) >= 11 is 12.2. The summed E-state index contributed by atoms with van der Waals surface area (Å²) in [6.07, 6.45) is 2.29. The third-order valence-corrected chi connectivity index (χ3v) is 4.05. The van der Waals surface area contributed by atoms with Crippen LogP contribution in [0.5, 0.6) is 0 Å². The van der Waals surface area contributed by atoms with Gasteiger partial charge < -0.3 is 4.90 Å². The molecule has 1 aliphatic heterocycles. The zero-order chi connectivity index (χ0) is 13.8. The quantitative estimate of drug-likeness (QED) is 0.859. The van der Waals surface area contributed by atoms with Crippen molar-refractivity contribution in [1.82, 2.24) is 4.90 Å². The monoisotopic (exact) mass is 296 g/mol. The van der Waals surface area contributed by atoms with Gasteiger partial charge in [0.05, 0.1) is 6.07 Å². The van der Waals surface area contributed by atoms with Crippen LogP contribution in [0, 0.1) is 17.2 Å². The molecule has 5 heteroatoms. The molecule has 2 rings (SSSR count). The number of carbonyl (C=O) groups is 1. The number of carbonyl (C=O) groups excluding carboxylic acids is 1. The van der Waals surface area contributed by atoms with E-state index in [2.05, 4.69) is 6.07 Å². The molecule has 0 spiro atoms. The Bertz CT molecular complexity index is 498. The van der Waals surface area contributed by atoms with Gasteiger partial charge in [0, 0.05) is 29.6 Å². The van der Waals surface area contributed by atoms with Gasteiger partial charge in [0.15, 0.2) is 0 Å². The van der Waals surface area contributed by atoms with Crippen LogP contribution in [0.2, 0.25) is 10.0 Å². The maximum absolute atomic E-state index is 12.2. The van der Waals surface area contributed by atoms with Crippen LogP contribution in [-0.2, 0) is 11.2 Å². The minimum atomic E-state index is -0.713. The summed E-state index contributed by atoms with van der Waals surface area (Å²) < 4.78 is 0. The minimum Gasteiger partial charge on any atom is -0.342 e. The van der Waals surface area contributed by atoms with Crippen molar-refractivity contribution in [2.24, 2.45) is 5.92 Å². The molecule has 100 valence electrons. The summed E-state index contributed by atoms with van der Waals surface area (Å²) in [6.45, 7) is 1.49. The number of hydrogen-bond acceptors (Lipinski definition) is 2. The number of amides is 1. The van der Waals surface area contributed by atoms with Gasteiger partial charge in [-0.2, -0.15) is 5.26 Å². The highest BCUT2D eigenvalue weighted by Gasteiger charge is 2.27. The van der Waals surface area contributed by atoms with E-state index in [4.69, 9.17) is 23.2 Å². The van der Waals surface area contributed by atoms with Gasteiger partial charge in [-0.15, -0.1) is 0 Å². The first kappa shape index (κ1) is 14.2. The second-order valence-electron chi connectivity index (χ2n) is 4.62. The molecule has 19 heavy (non-hydrogen) atoms. The van der Waals surface area contributed by atoms with Gasteiger partial charge in [-0.1, -0.05) is 29.3 Å². The van der Waals surface area contributed by atoms with E-state index in [9.17, 15) is 10.1 Å². The zero-order valence-electron chi connectivity index (χ0n) is 10.4.